The van der Waals surface area contributed by atoms with Gasteiger partial charge in [0, 0.05) is 19.2 Å². The Balaban J connectivity index is 3.28. The van der Waals surface area contributed by atoms with Crippen LogP contribution in [0.3, 0.4) is 0 Å². The second-order valence-electron chi connectivity index (χ2n) is 6.64. The van der Waals surface area contributed by atoms with E-state index in [0.29, 0.717) is 13.1 Å². The van der Waals surface area contributed by atoms with Gasteiger partial charge >= 0.3 is 11.8 Å². The molecule has 1 aromatic rings. The molecule has 0 spiro atoms. The highest BCUT2D eigenvalue weighted by atomic mass is 16.7. The highest BCUT2D eigenvalue weighted by molar-refractivity contribution is 6.01. The first kappa shape index (κ1) is 25.4. The number of amides is 1. The molecule has 0 aliphatic carbocycles. The van der Waals surface area contributed by atoms with Crippen molar-refractivity contribution in [2.24, 2.45) is 5.92 Å². The molecule has 10 heteroatoms. The lowest BCUT2D eigenvalue weighted by atomic mass is 10.1. The third-order valence-electron chi connectivity index (χ3n) is 4.77. The van der Waals surface area contributed by atoms with Crippen LogP contribution in [0.15, 0.2) is 17.7 Å². The normalized spacial score (nSPS) is 11.0. The van der Waals surface area contributed by atoms with E-state index in [4.69, 9.17) is 9.47 Å². The number of hydrogen-bond donors (Lipinski definition) is 1. The van der Waals surface area contributed by atoms with Crippen molar-refractivity contribution in [3.63, 3.8) is 0 Å². The molecule has 10 nitrogen and oxygen atoms in total. The molecular weight excluding hydrogens is 406 g/mol. The Labute approximate surface area is 180 Å². The zero-order valence-electron chi connectivity index (χ0n) is 18.1. The summed E-state index contributed by atoms with van der Waals surface area (Å²) in [5.74, 6) is -1.79. The number of phenols is 1. The van der Waals surface area contributed by atoms with Crippen LogP contribution in [0.2, 0.25) is 0 Å². The third-order valence-corrected chi connectivity index (χ3v) is 4.77. The number of aromatic hydroxyl groups is 1. The van der Waals surface area contributed by atoms with Crippen LogP contribution < -0.4 is 4.74 Å². The quantitative estimate of drug-likeness (QED) is 0.145. The Morgan fingerprint density at radius 3 is 2.35 bits per heavy atom. The Bertz CT molecular complexity index is 882. The van der Waals surface area contributed by atoms with Gasteiger partial charge in [-0.25, -0.2) is 4.79 Å². The molecule has 0 radical (unpaired) electrons. The standard InChI is InChI=1S/C21H27N3O7/c1-5-14(6-2)13-30-21(27)31-18-11-15(10-17(19(18)25)24(28)29)9-16(12-22)20(26)23(7-3)8-4/h9-11,14,25H,5-8,13H2,1-4H3/b16-9-. The molecule has 0 saturated carbocycles. The highest BCUT2D eigenvalue weighted by Crippen LogP contribution is 2.38. The van der Waals surface area contributed by atoms with Crippen molar-refractivity contribution in [3.8, 4) is 17.6 Å². The maximum atomic E-state index is 12.4. The zero-order chi connectivity index (χ0) is 23.6. The van der Waals surface area contributed by atoms with Crippen LogP contribution in [0.25, 0.3) is 6.08 Å². The first-order valence-electron chi connectivity index (χ1n) is 9.99. The fourth-order valence-electron chi connectivity index (χ4n) is 2.73. The van der Waals surface area contributed by atoms with E-state index in [2.05, 4.69) is 0 Å². The second-order valence-corrected chi connectivity index (χ2v) is 6.64. The Morgan fingerprint density at radius 1 is 1.26 bits per heavy atom. The van der Waals surface area contributed by atoms with E-state index in [1.807, 2.05) is 13.8 Å². The molecular formula is C21H27N3O7. The number of likely N-dealkylation sites (N-methyl/N-ethyl adjacent to an activating group) is 1. The number of hydrogen-bond acceptors (Lipinski definition) is 8. The van der Waals surface area contributed by atoms with Gasteiger partial charge in [0.05, 0.1) is 11.5 Å². The summed E-state index contributed by atoms with van der Waals surface area (Å²) in [5, 5.41) is 30.8. The number of nitro groups is 1. The molecule has 0 aliphatic heterocycles. The predicted octanol–water partition coefficient (Wildman–Crippen LogP) is 4.03. The molecule has 0 unspecified atom stereocenters. The average molecular weight is 433 g/mol. The summed E-state index contributed by atoms with van der Waals surface area (Å²) in [6.07, 6.45) is 1.59. The number of rotatable bonds is 10. The van der Waals surface area contributed by atoms with Crippen molar-refractivity contribution in [2.45, 2.75) is 40.5 Å². The minimum Gasteiger partial charge on any atom is -0.499 e. The van der Waals surface area contributed by atoms with Crippen molar-refractivity contribution in [1.29, 1.82) is 5.26 Å². The maximum Gasteiger partial charge on any atom is 0.513 e. The average Bonchev–Trinajstić information content (AvgIpc) is 2.75. The first-order chi connectivity index (χ1) is 14.7. The molecule has 168 valence electrons. The molecule has 0 heterocycles. The summed E-state index contributed by atoms with van der Waals surface area (Å²) in [6.45, 7) is 8.25. The van der Waals surface area contributed by atoms with Crippen molar-refractivity contribution in [3.05, 3.63) is 33.4 Å². The summed E-state index contributed by atoms with van der Waals surface area (Å²) < 4.78 is 9.97. The van der Waals surface area contributed by atoms with Gasteiger partial charge in [0.25, 0.3) is 5.91 Å². The number of nitriles is 1. The zero-order valence-corrected chi connectivity index (χ0v) is 18.1. The minimum atomic E-state index is -1.13. The van der Waals surface area contributed by atoms with Crippen molar-refractivity contribution in [1.82, 2.24) is 4.90 Å². The summed E-state index contributed by atoms with van der Waals surface area (Å²) in [4.78, 5) is 36.3. The van der Waals surface area contributed by atoms with Crippen molar-refractivity contribution >= 4 is 23.8 Å². The summed E-state index contributed by atoms with van der Waals surface area (Å²) in [6, 6.07) is 3.87. The predicted molar refractivity (Wildman–Crippen MR) is 112 cm³/mol. The molecule has 0 bridgehead atoms. The van der Waals surface area contributed by atoms with E-state index in [-0.39, 0.29) is 23.7 Å². The molecule has 0 fully saturated rings. The monoisotopic (exact) mass is 433 g/mol. The van der Waals surface area contributed by atoms with E-state index in [0.717, 1.165) is 31.1 Å². The Morgan fingerprint density at radius 2 is 1.87 bits per heavy atom. The van der Waals surface area contributed by atoms with Crippen LogP contribution in [-0.2, 0) is 9.53 Å². The van der Waals surface area contributed by atoms with Gasteiger partial charge in [0.15, 0.2) is 5.75 Å². The van der Waals surface area contributed by atoms with E-state index < -0.39 is 34.2 Å². The number of carbonyl (C=O) groups is 2. The van der Waals surface area contributed by atoms with E-state index in [1.165, 1.54) is 4.90 Å². The topological polar surface area (TPSA) is 143 Å². The molecule has 0 aromatic heterocycles. The van der Waals surface area contributed by atoms with Gasteiger partial charge in [-0.1, -0.05) is 26.7 Å². The second kappa shape index (κ2) is 12.2. The SMILES string of the molecule is CCC(CC)COC(=O)Oc1cc(/C=C(/C#N)C(=O)N(CC)CC)cc([N+](=O)[O-])c1O. The van der Waals surface area contributed by atoms with Crippen LogP contribution in [-0.4, -0.2) is 46.7 Å². The molecule has 1 amide bonds. The van der Waals surface area contributed by atoms with Gasteiger partial charge in [-0.2, -0.15) is 5.26 Å². The van der Waals surface area contributed by atoms with Crippen LogP contribution in [0.4, 0.5) is 10.5 Å². The number of nitrogens with zero attached hydrogens (tertiary/aromatic N) is 3. The lowest BCUT2D eigenvalue weighted by Crippen LogP contribution is -2.31. The lowest BCUT2D eigenvalue weighted by Gasteiger charge is -2.17. The highest BCUT2D eigenvalue weighted by Gasteiger charge is 2.24. The molecule has 0 saturated heterocycles. The number of carbonyl (C=O) groups excluding carboxylic acids is 2. The fourth-order valence-corrected chi connectivity index (χ4v) is 2.73. The Hall–Kier alpha value is -3.61. The molecule has 1 N–H and O–H groups in total. The van der Waals surface area contributed by atoms with Gasteiger partial charge < -0.3 is 19.5 Å². The number of benzene rings is 1. The third kappa shape index (κ3) is 6.99. The molecule has 0 atom stereocenters. The summed E-state index contributed by atoms with van der Waals surface area (Å²) >= 11 is 0. The van der Waals surface area contributed by atoms with E-state index >= 15 is 0 Å². The lowest BCUT2D eigenvalue weighted by molar-refractivity contribution is -0.385. The first-order valence-corrected chi connectivity index (χ1v) is 9.99. The van der Waals surface area contributed by atoms with Gasteiger partial charge in [-0.05, 0) is 37.5 Å². The van der Waals surface area contributed by atoms with Gasteiger partial charge in [-0.15, -0.1) is 0 Å². The molecule has 31 heavy (non-hydrogen) atoms. The molecule has 1 rings (SSSR count). The molecule has 0 aliphatic rings. The smallest absolute Gasteiger partial charge is 0.499 e. The van der Waals surface area contributed by atoms with Crippen LogP contribution in [0.5, 0.6) is 11.5 Å². The minimum absolute atomic E-state index is 0.0318. The van der Waals surface area contributed by atoms with Crippen molar-refractivity contribution < 1.29 is 29.1 Å². The fraction of sp³-hybridized carbons (Fsp3) is 0.476. The van der Waals surface area contributed by atoms with Crippen LogP contribution >= 0.6 is 0 Å². The largest absolute Gasteiger partial charge is 0.513 e. The van der Waals surface area contributed by atoms with E-state index in [9.17, 15) is 30.1 Å². The Kier molecular flexibility index (Phi) is 9.98. The summed E-state index contributed by atoms with van der Waals surface area (Å²) in [5.41, 5.74) is -0.973. The number of ether oxygens (including phenoxy) is 2. The van der Waals surface area contributed by atoms with Gasteiger partial charge in [0.2, 0.25) is 5.75 Å². The number of phenolic OH excluding ortho intramolecular Hbond substituents is 1. The van der Waals surface area contributed by atoms with E-state index in [1.54, 1.807) is 19.9 Å². The van der Waals surface area contributed by atoms with Crippen LogP contribution in [0.1, 0.15) is 46.1 Å². The summed E-state index contributed by atoms with van der Waals surface area (Å²) in [7, 11) is 0. The van der Waals surface area contributed by atoms with Gasteiger partial charge in [-0.3, -0.25) is 14.9 Å². The van der Waals surface area contributed by atoms with Crippen LogP contribution in [0, 0.1) is 27.4 Å². The maximum absolute atomic E-state index is 12.4. The van der Waals surface area contributed by atoms with Gasteiger partial charge in [0.1, 0.15) is 11.6 Å². The van der Waals surface area contributed by atoms with Crippen molar-refractivity contribution in [2.75, 3.05) is 19.7 Å². The molecule has 1 aromatic carbocycles. The number of nitro benzene ring substituents is 1.